The van der Waals surface area contributed by atoms with Crippen molar-refractivity contribution in [3.63, 3.8) is 0 Å². The Morgan fingerprint density at radius 3 is 2.82 bits per heavy atom. The van der Waals surface area contributed by atoms with Crippen LogP contribution in [0.4, 0.5) is 5.88 Å². The van der Waals surface area contributed by atoms with Crippen LogP contribution in [0.2, 0.25) is 0 Å². The van der Waals surface area contributed by atoms with E-state index < -0.39 is 21.1 Å². The van der Waals surface area contributed by atoms with Gasteiger partial charge in [-0.15, -0.1) is 0 Å². The van der Waals surface area contributed by atoms with Crippen LogP contribution < -0.4 is 5.32 Å². The second-order valence-corrected chi connectivity index (χ2v) is 6.38. The van der Waals surface area contributed by atoms with Gasteiger partial charge in [-0.05, 0) is 18.9 Å². The molecule has 1 aliphatic heterocycles. The Balaban J connectivity index is 1.96. The first-order chi connectivity index (χ1) is 7.99. The molecular weight excluding hydrogens is 246 g/mol. The van der Waals surface area contributed by atoms with Crippen LogP contribution in [0.3, 0.4) is 0 Å². The first-order valence-electron chi connectivity index (χ1n) is 5.27. The van der Waals surface area contributed by atoms with E-state index in [1.807, 2.05) is 0 Å². The number of furan rings is 1. The number of carboxylic acids is 1. The Morgan fingerprint density at radius 2 is 2.29 bits per heavy atom. The summed E-state index contributed by atoms with van der Waals surface area (Å²) < 4.78 is 28.0. The van der Waals surface area contributed by atoms with E-state index in [2.05, 4.69) is 5.32 Å². The Kier molecular flexibility index (Phi) is 3.10. The second kappa shape index (κ2) is 4.40. The number of carbonyl (C=O) groups is 1. The summed E-state index contributed by atoms with van der Waals surface area (Å²) in [5.41, 5.74) is 0. The number of carboxylic acid groups (broad SMARTS) is 1. The average Bonchev–Trinajstić information content (AvgIpc) is 2.81. The lowest BCUT2D eigenvalue weighted by Gasteiger charge is -2.09. The van der Waals surface area contributed by atoms with Gasteiger partial charge in [0, 0.05) is 12.6 Å². The number of aromatic carboxylic acids is 1. The van der Waals surface area contributed by atoms with Crippen molar-refractivity contribution in [2.24, 2.45) is 0 Å². The number of sulfone groups is 1. The number of hydrogen-bond acceptors (Lipinski definition) is 5. The molecule has 2 N–H and O–H groups in total. The average molecular weight is 259 g/mol. The van der Waals surface area contributed by atoms with E-state index in [0.717, 1.165) is 0 Å². The minimum Gasteiger partial charge on any atom is -0.475 e. The fraction of sp³-hybridized carbons (Fsp3) is 0.500. The summed E-state index contributed by atoms with van der Waals surface area (Å²) in [7, 11) is -2.99. The quantitative estimate of drug-likeness (QED) is 0.836. The van der Waals surface area contributed by atoms with E-state index in [-0.39, 0.29) is 23.9 Å². The van der Waals surface area contributed by atoms with Crippen molar-refractivity contribution in [2.75, 3.05) is 17.6 Å². The SMILES string of the molecule is O=C(O)c1ccc(NCC2CCCS2(=O)=O)o1. The molecule has 0 saturated carbocycles. The molecule has 1 aromatic heterocycles. The van der Waals surface area contributed by atoms with Crippen molar-refractivity contribution >= 4 is 21.7 Å². The van der Waals surface area contributed by atoms with E-state index in [1.165, 1.54) is 12.1 Å². The van der Waals surface area contributed by atoms with Gasteiger partial charge in [0.2, 0.25) is 5.76 Å². The monoisotopic (exact) mass is 259 g/mol. The molecule has 7 heteroatoms. The van der Waals surface area contributed by atoms with Crippen molar-refractivity contribution in [3.8, 4) is 0 Å². The molecule has 1 atom stereocenters. The fourth-order valence-corrected chi connectivity index (χ4v) is 3.62. The van der Waals surface area contributed by atoms with Gasteiger partial charge in [0.25, 0.3) is 0 Å². The molecule has 1 aromatic rings. The van der Waals surface area contributed by atoms with E-state index >= 15 is 0 Å². The molecule has 1 aliphatic rings. The van der Waals surface area contributed by atoms with Crippen LogP contribution in [0.5, 0.6) is 0 Å². The Bertz CT molecular complexity index is 519. The van der Waals surface area contributed by atoms with Crippen LogP contribution in [0.15, 0.2) is 16.5 Å². The van der Waals surface area contributed by atoms with Gasteiger partial charge >= 0.3 is 5.97 Å². The van der Waals surface area contributed by atoms with Gasteiger partial charge in [-0.25, -0.2) is 13.2 Å². The van der Waals surface area contributed by atoms with Gasteiger partial charge in [-0.1, -0.05) is 0 Å². The van der Waals surface area contributed by atoms with E-state index in [4.69, 9.17) is 9.52 Å². The summed E-state index contributed by atoms with van der Waals surface area (Å²) in [6.45, 7) is 0.259. The summed E-state index contributed by atoms with van der Waals surface area (Å²) in [5.74, 6) is -0.796. The highest BCUT2D eigenvalue weighted by Crippen LogP contribution is 2.21. The molecule has 2 rings (SSSR count). The number of anilines is 1. The highest BCUT2D eigenvalue weighted by molar-refractivity contribution is 7.92. The van der Waals surface area contributed by atoms with E-state index in [9.17, 15) is 13.2 Å². The summed E-state index contributed by atoms with van der Waals surface area (Å²) in [4.78, 5) is 10.6. The molecule has 1 unspecified atom stereocenters. The molecule has 0 bridgehead atoms. The van der Waals surface area contributed by atoms with Crippen molar-refractivity contribution in [3.05, 3.63) is 17.9 Å². The smallest absolute Gasteiger partial charge is 0.371 e. The van der Waals surface area contributed by atoms with Crippen LogP contribution in [-0.4, -0.2) is 37.0 Å². The predicted molar refractivity (Wildman–Crippen MR) is 61.0 cm³/mol. The highest BCUT2D eigenvalue weighted by atomic mass is 32.2. The Morgan fingerprint density at radius 1 is 1.53 bits per heavy atom. The van der Waals surface area contributed by atoms with E-state index in [1.54, 1.807) is 0 Å². The normalized spacial score (nSPS) is 22.5. The lowest BCUT2D eigenvalue weighted by Crippen LogP contribution is -2.24. The molecule has 0 amide bonds. The van der Waals surface area contributed by atoms with Crippen LogP contribution in [-0.2, 0) is 9.84 Å². The first kappa shape index (κ1) is 12.0. The van der Waals surface area contributed by atoms with Crippen LogP contribution in [0.25, 0.3) is 0 Å². The number of hydrogen-bond donors (Lipinski definition) is 2. The number of nitrogens with one attached hydrogen (secondary N) is 1. The van der Waals surface area contributed by atoms with Gasteiger partial charge in [-0.3, -0.25) is 0 Å². The molecule has 94 valence electrons. The van der Waals surface area contributed by atoms with Crippen molar-refractivity contribution in [1.82, 2.24) is 0 Å². The third-order valence-corrected chi connectivity index (χ3v) is 5.06. The lowest BCUT2D eigenvalue weighted by atomic mass is 10.2. The molecule has 0 aromatic carbocycles. The van der Waals surface area contributed by atoms with Crippen molar-refractivity contribution in [2.45, 2.75) is 18.1 Å². The number of rotatable bonds is 4. The van der Waals surface area contributed by atoms with Gasteiger partial charge < -0.3 is 14.8 Å². The molecular formula is C10H13NO5S. The largest absolute Gasteiger partial charge is 0.475 e. The zero-order chi connectivity index (χ0) is 12.5. The fourth-order valence-electron chi connectivity index (χ4n) is 1.85. The van der Waals surface area contributed by atoms with Gasteiger partial charge in [0.15, 0.2) is 15.7 Å². The summed E-state index contributed by atoms with van der Waals surface area (Å²) in [6.07, 6.45) is 1.33. The minimum absolute atomic E-state index is 0.165. The molecule has 0 aliphatic carbocycles. The minimum atomic E-state index is -2.99. The Hall–Kier alpha value is -1.50. The maximum atomic E-state index is 11.5. The zero-order valence-corrected chi connectivity index (χ0v) is 9.87. The molecule has 17 heavy (non-hydrogen) atoms. The molecule has 1 saturated heterocycles. The summed E-state index contributed by atoms with van der Waals surface area (Å²) >= 11 is 0. The summed E-state index contributed by atoms with van der Waals surface area (Å²) in [5, 5.41) is 11.0. The van der Waals surface area contributed by atoms with Crippen LogP contribution in [0.1, 0.15) is 23.4 Å². The standard InChI is InChI=1S/C10H13NO5S/c12-10(13)8-3-4-9(16-8)11-6-7-2-1-5-17(7,14)15/h3-4,7,11H,1-2,5-6H2,(H,12,13). The maximum absolute atomic E-state index is 11.5. The molecule has 2 heterocycles. The van der Waals surface area contributed by atoms with Crippen LogP contribution in [0, 0.1) is 0 Å². The second-order valence-electron chi connectivity index (χ2n) is 3.98. The molecule has 1 fully saturated rings. The van der Waals surface area contributed by atoms with Gasteiger partial charge in [-0.2, -0.15) is 0 Å². The Labute approximate surface area is 98.5 Å². The molecule has 6 nitrogen and oxygen atoms in total. The molecule has 0 radical (unpaired) electrons. The lowest BCUT2D eigenvalue weighted by molar-refractivity contribution is 0.0663. The summed E-state index contributed by atoms with van der Waals surface area (Å²) in [6, 6.07) is 2.80. The zero-order valence-electron chi connectivity index (χ0n) is 9.05. The topological polar surface area (TPSA) is 96.6 Å². The molecule has 0 spiro atoms. The highest BCUT2D eigenvalue weighted by Gasteiger charge is 2.31. The third kappa shape index (κ3) is 2.60. The van der Waals surface area contributed by atoms with Crippen LogP contribution >= 0.6 is 0 Å². The van der Waals surface area contributed by atoms with Gasteiger partial charge in [0.1, 0.15) is 0 Å². The van der Waals surface area contributed by atoms with Crippen molar-refractivity contribution < 1.29 is 22.7 Å². The third-order valence-electron chi connectivity index (χ3n) is 2.78. The maximum Gasteiger partial charge on any atom is 0.371 e. The first-order valence-corrected chi connectivity index (χ1v) is 6.99. The van der Waals surface area contributed by atoms with Crippen molar-refractivity contribution in [1.29, 1.82) is 0 Å². The van der Waals surface area contributed by atoms with E-state index in [0.29, 0.717) is 12.8 Å². The van der Waals surface area contributed by atoms with Gasteiger partial charge in [0.05, 0.1) is 11.0 Å². The predicted octanol–water partition coefficient (Wildman–Crippen LogP) is 0.967.